The lowest BCUT2D eigenvalue weighted by Gasteiger charge is -2.34. The van der Waals surface area contributed by atoms with Gasteiger partial charge in [0, 0.05) is 18.0 Å². The van der Waals surface area contributed by atoms with E-state index in [0.717, 1.165) is 11.1 Å². The molecule has 0 radical (unpaired) electrons. The van der Waals surface area contributed by atoms with E-state index in [0.29, 0.717) is 36.3 Å². The van der Waals surface area contributed by atoms with Crippen molar-refractivity contribution in [1.29, 1.82) is 0 Å². The molecule has 6 nitrogen and oxygen atoms in total. The van der Waals surface area contributed by atoms with Gasteiger partial charge in [-0.15, -0.1) is 0 Å². The number of fused-ring (bicyclic) bond motifs is 1. The zero-order chi connectivity index (χ0) is 19.6. The summed E-state index contributed by atoms with van der Waals surface area (Å²) in [6, 6.07) is 13.1. The second-order valence-corrected chi connectivity index (χ2v) is 7.13. The number of nitrogens with zero attached hydrogens (tertiary/aromatic N) is 1. The summed E-state index contributed by atoms with van der Waals surface area (Å²) >= 11 is 0. The third kappa shape index (κ3) is 3.89. The van der Waals surface area contributed by atoms with E-state index in [1.165, 1.54) is 4.90 Å². The average molecular weight is 367 g/mol. The number of nitrogens with one attached hydrogen (secondary N) is 1. The maximum absolute atomic E-state index is 12.6. The molecular formula is C21H25N3O3. The quantitative estimate of drug-likeness (QED) is 0.705. The Morgan fingerprint density at radius 2 is 1.96 bits per heavy atom. The van der Waals surface area contributed by atoms with Crippen LogP contribution in [0.1, 0.15) is 43.7 Å². The lowest BCUT2D eigenvalue weighted by Crippen LogP contribution is -2.41. The molecule has 142 valence electrons. The van der Waals surface area contributed by atoms with Crippen molar-refractivity contribution >= 4 is 29.1 Å². The van der Waals surface area contributed by atoms with Crippen LogP contribution in [0.25, 0.3) is 0 Å². The second kappa shape index (κ2) is 7.70. The van der Waals surface area contributed by atoms with Crippen molar-refractivity contribution in [3.63, 3.8) is 0 Å². The number of nitrogens with two attached hydrogens (primary N) is 1. The van der Waals surface area contributed by atoms with Gasteiger partial charge < -0.3 is 16.2 Å². The van der Waals surface area contributed by atoms with Crippen molar-refractivity contribution in [2.75, 3.05) is 16.0 Å². The van der Waals surface area contributed by atoms with Crippen LogP contribution in [0.15, 0.2) is 42.5 Å². The van der Waals surface area contributed by atoms with Crippen LogP contribution in [0.3, 0.4) is 0 Å². The Labute approximate surface area is 159 Å². The fraction of sp³-hybridized carbons (Fsp3) is 0.333. The molecular weight excluding hydrogens is 342 g/mol. The highest BCUT2D eigenvalue weighted by molar-refractivity contribution is 5.99. The molecule has 3 rings (SSSR count). The van der Waals surface area contributed by atoms with Gasteiger partial charge in [-0.05, 0) is 43.4 Å². The van der Waals surface area contributed by atoms with Gasteiger partial charge in [0.05, 0.1) is 17.1 Å². The molecule has 6 heteroatoms. The van der Waals surface area contributed by atoms with Gasteiger partial charge in [-0.1, -0.05) is 37.3 Å². The maximum atomic E-state index is 12.6. The van der Waals surface area contributed by atoms with Crippen LogP contribution >= 0.6 is 0 Å². The predicted molar refractivity (Wildman–Crippen MR) is 107 cm³/mol. The first-order chi connectivity index (χ1) is 12.9. The molecule has 0 aliphatic carbocycles. The van der Waals surface area contributed by atoms with Gasteiger partial charge in [-0.2, -0.15) is 0 Å². The summed E-state index contributed by atoms with van der Waals surface area (Å²) in [6.45, 7) is 3.89. The van der Waals surface area contributed by atoms with Gasteiger partial charge >= 0.3 is 6.09 Å². The van der Waals surface area contributed by atoms with E-state index in [-0.39, 0.29) is 17.9 Å². The highest BCUT2D eigenvalue weighted by Crippen LogP contribution is 2.39. The Kier molecular flexibility index (Phi) is 5.35. The van der Waals surface area contributed by atoms with E-state index in [9.17, 15) is 14.7 Å². The van der Waals surface area contributed by atoms with Crippen LogP contribution in [0, 0.1) is 0 Å². The summed E-state index contributed by atoms with van der Waals surface area (Å²) in [6.07, 6.45) is 0.691. The SMILES string of the molecule is CC(CC(=O)Nc1c(N)ccc2c1CC[C@H](C)N2C(=O)O)c1ccccc1. The first-order valence-corrected chi connectivity index (χ1v) is 9.16. The summed E-state index contributed by atoms with van der Waals surface area (Å²) in [4.78, 5) is 25.6. The third-order valence-electron chi connectivity index (χ3n) is 5.16. The third-order valence-corrected chi connectivity index (χ3v) is 5.16. The van der Waals surface area contributed by atoms with Crippen molar-refractivity contribution in [2.24, 2.45) is 0 Å². The van der Waals surface area contributed by atoms with E-state index in [4.69, 9.17) is 5.73 Å². The zero-order valence-electron chi connectivity index (χ0n) is 15.6. The summed E-state index contributed by atoms with van der Waals surface area (Å²) in [5.41, 5.74) is 9.59. The van der Waals surface area contributed by atoms with Crippen LogP contribution < -0.4 is 16.0 Å². The summed E-state index contributed by atoms with van der Waals surface area (Å²) < 4.78 is 0. The average Bonchev–Trinajstić information content (AvgIpc) is 2.64. The van der Waals surface area contributed by atoms with E-state index in [2.05, 4.69) is 5.32 Å². The molecule has 1 heterocycles. The van der Waals surface area contributed by atoms with E-state index in [1.807, 2.05) is 44.2 Å². The number of rotatable bonds is 4. The van der Waals surface area contributed by atoms with Crippen molar-refractivity contribution in [3.05, 3.63) is 53.6 Å². The molecule has 0 spiro atoms. The number of hydrogen-bond donors (Lipinski definition) is 3. The van der Waals surface area contributed by atoms with Crippen LogP contribution in [0.5, 0.6) is 0 Å². The van der Waals surface area contributed by atoms with E-state index < -0.39 is 6.09 Å². The molecule has 1 aliphatic rings. The molecule has 1 aliphatic heterocycles. The fourth-order valence-corrected chi connectivity index (χ4v) is 3.66. The number of carbonyl (C=O) groups is 2. The van der Waals surface area contributed by atoms with Gasteiger partial charge in [0.15, 0.2) is 0 Å². The van der Waals surface area contributed by atoms with Crippen molar-refractivity contribution < 1.29 is 14.7 Å². The minimum absolute atomic E-state index is 0.0718. The van der Waals surface area contributed by atoms with E-state index >= 15 is 0 Å². The van der Waals surface area contributed by atoms with Crippen molar-refractivity contribution in [2.45, 2.75) is 45.1 Å². The Morgan fingerprint density at radius 3 is 2.63 bits per heavy atom. The first kappa shape index (κ1) is 18.8. The molecule has 1 unspecified atom stereocenters. The molecule has 0 fully saturated rings. The molecule has 0 aromatic heterocycles. The van der Waals surface area contributed by atoms with Gasteiger partial charge in [0.1, 0.15) is 0 Å². The van der Waals surface area contributed by atoms with Crippen molar-refractivity contribution in [1.82, 2.24) is 0 Å². The lowest BCUT2D eigenvalue weighted by molar-refractivity contribution is -0.116. The molecule has 0 saturated heterocycles. The number of nitrogen functional groups attached to an aromatic ring is 1. The first-order valence-electron chi connectivity index (χ1n) is 9.16. The fourth-order valence-electron chi connectivity index (χ4n) is 3.66. The molecule has 2 aromatic carbocycles. The van der Waals surface area contributed by atoms with Gasteiger partial charge in [0.2, 0.25) is 5.91 Å². The van der Waals surface area contributed by atoms with E-state index in [1.54, 1.807) is 12.1 Å². The van der Waals surface area contributed by atoms with Gasteiger partial charge in [0.25, 0.3) is 0 Å². The largest absolute Gasteiger partial charge is 0.465 e. The smallest absolute Gasteiger partial charge is 0.412 e. The van der Waals surface area contributed by atoms with Crippen LogP contribution in [0.4, 0.5) is 21.9 Å². The molecule has 0 saturated carbocycles. The minimum Gasteiger partial charge on any atom is -0.465 e. The lowest BCUT2D eigenvalue weighted by atomic mass is 9.94. The standard InChI is InChI=1S/C21H25N3O3/c1-13(15-6-4-3-5-7-15)12-19(25)23-20-16-9-8-14(2)24(21(26)27)18(16)11-10-17(20)22/h3-7,10-11,13-14H,8-9,12,22H2,1-2H3,(H,23,25)(H,26,27)/t13?,14-/m0/s1. The zero-order valence-corrected chi connectivity index (χ0v) is 15.6. The Balaban J connectivity index is 1.83. The van der Waals surface area contributed by atoms with Crippen LogP contribution in [-0.2, 0) is 11.2 Å². The topological polar surface area (TPSA) is 95.7 Å². The number of hydrogen-bond acceptors (Lipinski definition) is 3. The number of carbonyl (C=O) groups excluding carboxylic acids is 1. The summed E-state index contributed by atoms with van der Waals surface area (Å²) in [5.74, 6) is -0.0607. The molecule has 2 atom stereocenters. The van der Waals surface area contributed by atoms with Crippen LogP contribution in [-0.4, -0.2) is 23.1 Å². The second-order valence-electron chi connectivity index (χ2n) is 7.13. The summed E-state index contributed by atoms with van der Waals surface area (Å²) in [5, 5.41) is 12.5. The number of benzene rings is 2. The molecule has 27 heavy (non-hydrogen) atoms. The summed E-state index contributed by atoms with van der Waals surface area (Å²) in [7, 11) is 0. The molecule has 2 amide bonds. The monoisotopic (exact) mass is 367 g/mol. The van der Waals surface area contributed by atoms with Gasteiger partial charge in [-0.25, -0.2) is 4.79 Å². The minimum atomic E-state index is -0.997. The molecule has 0 bridgehead atoms. The predicted octanol–water partition coefficient (Wildman–Crippen LogP) is 4.22. The van der Waals surface area contributed by atoms with Crippen LogP contribution in [0.2, 0.25) is 0 Å². The number of anilines is 3. The Morgan fingerprint density at radius 1 is 1.26 bits per heavy atom. The number of carboxylic acid groups (broad SMARTS) is 1. The van der Waals surface area contributed by atoms with Gasteiger partial charge in [-0.3, -0.25) is 9.69 Å². The Bertz CT molecular complexity index is 851. The maximum Gasteiger partial charge on any atom is 0.412 e. The highest BCUT2D eigenvalue weighted by atomic mass is 16.4. The number of amides is 2. The highest BCUT2D eigenvalue weighted by Gasteiger charge is 2.30. The molecule has 4 N–H and O–H groups in total. The normalized spacial score (nSPS) is 17.1. The Hall–Kier alpha value is -3.02. The van der Waals surface area contributed by atoms with Crippen molar-refractivity contribution in [3.8, 4) is 0 Å². The molecule has 2 aromatic rings.